The van der Waals surface area contributed by atoms with Crippen molar-refractivity contribution in [3.8, 4) is 5.75 Å². The first kappa shape index (κ1) is 15.3. The van der Waals surface area contributed by atoms with Gasteiger partial charge in [-0.3, -0.25) is 9.88 Å². The number of hydrogen-bond acceptors (Lipinski definition) is 4. The van der Waals surface area contributed by atoms with E-state index in [4.69, 9.17) is 13.6 Å². The van der Waals surface area contributed by atoms with Gasteiger partial charge in [0.05, 0.1) is 17.2 Å². The highest BCUT2D eigenvalue weighted by Gasteiger charge is 2.36. The Bertz CT molecular complexity index is 950. The van der Waals surface area contributed by atoms with Crippen molar-refractivity contribution in [2.45, 2.75) is 39.3 Å². The third-order valence-corrected chi connectivity index (χ3v) is 4.49. The fourth-order valence-electron chi connectivity index (χ4n) is 3.28. The van der Waals surface area contributed by atoms with Crippen molar-refractivity contribution in [3.05, 3.63) is 65.5 Å². The second-order valence-corrected chi connectivity index (χ2v) is 7.50. The number of carbonyl (C=O) groups is 1. The Morgan fingerprint density at radius 3 is 2.67 bits per heavy atom. The Kier molecular flexibility index (Phi) is 4.20. The van der Waals surface area contributed by atoms with Crippen LogP contribution in [0, 0.1) is 6.92 Å². The van der Waals surface area contributed by atoms with Crippen molar-refractivity contribution in [1.29, 1.82) is 0 Å². The molecular formula is C22H26N2O3. The summed E-state index contributed by atoms with van der Waals surface area (Å²) in [6.07, 6.45) is 4.95. The molecule has 27 heavy (non-hydrogen) atoms. The van der Waals surface area contributed by atoms with Gasteiger partial charge >= 0.3 is 6.09 Å². The van der Waals surface area contributed by atoms with E-state index < -0.39 is 24.8 Å². The van der Waals surface area contributed by atoms with Crippen LogP contribution < -0.4 is 4.74 Å². The molecule has 1 aliphatic rings. The molecule has 0 bridgehead atoms. The van der Waals surface area contributed by atoms with E-state index in [0.717, 1.165) is 16.7 Å². The van der Waals surface area contributed by atoms with Gasteiger partial charge in [-0.05, 0) is 68.2 Å². The molecule has 1 amide bonds. The lowest BCUT2D eigenvalue weighted by atomic mass is 9.91. The van der Waals surface area contributed by atoms with Crippen LogP contribution in [0.2, 0.25) is 0 Å². The number of amides is 1. The molecule has 0 N–H and O–H groups in total. The molecular weight excluding hydrogens is 340 g/mol. The summed E-state index contributed by atoms with van der Waals surface area (Å²) in [6, 6.07) is 8.56. The minimum atomic E-state index is -2.56. The summed E-state index contributed by atoms with van der Waals surface area (Å²) >= 11 is 0. The van der Waals surface area contributed by atoms with E-state index in [2.05, 4.69) is 4.98 Å². The number of nitrogens with zero attached hydrogens (tertiary/aromatic N) is 2. The van der Waals surface area contributed by atoms with E-state index >= 15 is 0 Å². The lowest BCUT2D eigenvalue weighted by Gasteiger charge is -2.31. The van der Waals surface area contributed by atoms with Crippen molar-refractivity contribution >= 4 is 11.7 Å². The average molecular weight is 369 g/mol. The molecule has 0 saturated carbocycles. The molecule has 3 rings (SSSR count). The Balaban J connectivity index is 2.06. The quantitative estimate of drug-likeness (QED) is 0.782. The summed E-state index contributed by atoms with van der Waals surface area (Å²) in [4.78, 5) is 18.7. The van der Waals surface area contributed by atoms with Gasteiger partial charge in [-0.2, -0.15) is 0 Å². The van der Waals surface area contributed by atoms with E-state index in [1.165, 1.54) is 0 Å². The van der Waals surface area contributed by atoms with Crippen LogP contribution in [0.15, 0.2) is 48.8 Å². The second kappa shape index (κ2) is 7.43. The minimum absolute atomic E-state index is 0.262. The smallest absolute Gasteiger partial charge is 0.411 e. The first-order chi connectivity index (χ1) is 14.0. The SMILES string of the molecule is [2H]C([2H])([2H])Oc1cccc([C@@H]2C(c3ccncc3)=CCN2C(=O)OC(C)(C)C)c1C. The molecule has 5 heteroatoms. The monoisotopic (exact) mass is 369 g/mol. The Morgan fingerprint density at radius 1 is 1.26 bits per heavy atom. The summed E-state index contributed by atoms with van der Waals surface area (Å²) in [5.74, 6) is 0.262. The van der Waals surface area contributed by atoms with Crippen molar-refractivity contribution in [3.63, 3.8) is 0 Å². The molecule has 0 aliphatic carbocycles. The number of hydrogen-bond donors (Lipinski definition) is 0. The van der Waals surface area contributed by atoms with Crippen LogP contribution >= 0.6 is 0 Å². The highest BCUT2D eigenvalue weighted by molar-refractivity contribution is 5.81. The van der Waals surface area contributed by atoms with Gasteiger partial charge in [-0.1, -0.05) is 18.2 Å². The van der Waals surface area contributed by atoms with Crippen LogP contribution in [0.5, 0.6) is 5.75 Å². The highest BCUT2D eigenvalue weighted by atomic mass is 16.6. The van der Waals surface area contributed by atoms with Crippen LogP contribution in [0.3, 0.4) is 0 Å². The number of pyridine rings is 1. The third kappa shape index (κ3) is 3.97. The lowest BCUT2D eigenvalue weighted by molar-refractivity contribution is 0.0244. The van der Waals surface area contributed by atoms with Gasteiger partial charge in [0.2, 0.25) is 0 Å². The predicted molar refractivity (Wildman–Crippen MR) is 106 cm³/mol. The molecule has 0 spiro atoms. The first-order valence-corrected chi connectivity index (χ1v) is 8.85. The number of methoxy groups -OCH3 is 1. The summed E-state index contributed by atoms with van der Waals surface area (Å²) in [5.41, 5.74) is 2.67. The number of carbonyl (C=O) groups excluding carboxylic acids is 1. The fraction of sp³-hybridized carbons (Fsp3) is 0.364. The maximum absolute atomic E-state index is 13.0. The standard InChI is InChI=1S/C22H26N2O3/c1-15-17(7-6-8-19(15)26-5)20-18(16-9-12-23-13-10-16)11-14-24(20)21(25)27-22(2,3)4/h6-13,20H,14H2,1-5H3/t20-/m1/s1/i5D3. The number of benzene rings is 1. The van der Waals surface area contributed by atoms with Crippen LogP contribution in [0.25, 0.3) is 5.57 Å². The third-order valence-electron chi connectivity index (χ3n) is 4.49. The molecule has 2 aromatic rings. The normalized spacial score (nSPS) is 19.0. The summed E-state index contributed by atoms with van der Waals surface area (Å²) in [5, 5.41) is 0. The molecule has 1 atom stereocenters. The van der Waals surface area contributed by atoms with Crippen molar-refractivity contribution in [2.24, 2.45) is 0 Å². The molecule has 0 fully saturated rings. The molecule has 1 aromatic carbocycles. The maximum atomic E-state index is 13.0. The first-order valence-electron chi connectivity index (χ1n) is 10.3. The fourth-order valence-corrected chi connectivity index (χ4v) is 3.28. The maximum Gasteiger partial charge on any atom is 0.411 e. The number of rotatable bonds is 3. The molecule has 0 unspecified atom stereocenters. The Hall–Kier alpha value is -2.82. The molecule has 1 aromatic heterocycles. The molecule has 5 nitrogen and oxygen atoms in total. The van der Waals surface area contributed by atoms with Crippen molar-refractivity contribution < 1.29 is 18.4 Å². The van der Waals surface area contributed by atoms with Crippen LogP contribution in [-0.4, -0.2) is 35.2 Å². The number of ether oxygens (including phenoxy) is 2. The Labute approximate surface area is 164 Å². The molecule has 1 aliphatic heterocycles. The topological polar surface area (TPSA) is 51.7 Å². The minimum Gasteiger partial charge on any atom is -0.496 e. The molecule has 2 heterocycles. The molecule has 0 saturated heterocycles. The molecule has 0 radical (unpaired) electrons. The van der Waals surface area contributed by atoms with E-state index in [1.54, 1.807) is 36.4 Å². The second-order valence-electron chi connectivity index (χ2n) is 7.50. The number of aromatic nitrogens is 1. The van der Waals surface area contributed by atoms with Crippen molar-refractivity contribution in [1.82, 2.24) is 9.88 Å². The zero-order valence-electron chi connectivity index (χ0n) is 19.0. The van der Waals surface area contributed by atoms with Crippen LogP contribution in [0.1, 0.15) is 47.6 Å². The van der Waals surface area contributed by atoms with Gasteiger partial charge in [0.15, 0.2) is 0 Å². The highest BCUT2D eigenvalue weighted by Crippen LogP contribution is 2.42. The summed E-state index contributed by atoms with van der Waals surface area (Å²) in [7, 11) is -2.56. The zero-order chi connectivity index (χ0) is 22.1. The van der Waals surface area contributed by atoms with Gasteiger partial charge in [0.1, 0.15) is 11.4 Å². The van der Waals surface area contributed by atoms with Gasteiger partial charge in [-0.25, -0.2) is 4.79 Å². The lowest BCUT2D eigenvalue weighted by Crippen LogP contribution is -2.37. The van der Waals surface area contributed by atoms with Crippen LogP contribution in [-0.2, 0) is 4.74 Å². The van der Waals surface area contributed by atoms with E-state index in [1.807, 2.05) is 45.0 Å². The van der Waals surface area contributed by atoms with E-state index in [9.17, 15) is 4.79 Å². The summed E-state index contributed by atoms with van der Waals surface area (Å²) < 4.78 is 33.1. The summed E-state index contributed by atoms with van der Waals surface area (Å²) in [6.45, 7) is 7.64. The van der Waals surface area contributed by atoms with Gasteiger partial charge < -0.3 is 9.47 Å². The zero-order valence-corrected chi connectivity index (χ0v) is 16.0. The predicted octanol–water partition coefficient (Wildman–Crippen LogP) is 4.77. The van der Waals surface area contributed by atoms with Gasteiger partial charge in [-0.15, -0.1) is 0 Å². The van der Waals surface area contributed by atoms with E-state index in [-0.39, 0.29) is 5.75 Å². The largest absolute Gasteiger partial charge is 0.496 e. The van der Waals surface area contributed by atoms with Crippen LogP contribution in [0.4, 0.5) is 4.79 Å². The Morgan fingerprint density at radius 2 is 2.00 bits per heavy atom. The van der Waals surface area contributed by atoms with Gasteiger partial charge in [0, 0.05) is 18.9 Å². The van der Waals surface area contributed by atoms with E-state index in [0.29, 0.717) is 12.1 Å². The average Bonchev–Trinajstić information content (AvgIpc) is 3.07. The molecule has 142 valence electrons. The van der Waals surface area contributed by atoms with Gasteiger partial charge in [0.25, 0.3) is 0 Å². The van der Waals surface area contributed by atoms with Crippen molar-refractivity contribution in [2.75, 3.05) is 13.6 Å².